The lowest BCUT2D eigenvalue weighted by Crippen LogP contribution is -2.46. The van der Waals surface area contributed by atoms with Crippen LogP contribution >= 0.6 is 12.4 Å². The molecule has 2 aliphatic heterocycles. The van der Waals surface area contributed by atoms with Gasteiger partial charge in [0.2, 0.25) is 0 Å². The molecule has 4 aromatic rings. The SMILES string of the molecule is CC1(C)CCC(=O)c2cc(-c3cccc(N4CCN(CCCCCO)CC4)n3)ccc21.CC1(C)CCC(O)c2cc(-c3cccc(N4CCN(CCCCCO)CC4)n3)ccc21.Cl. The third-order valence-electron chi connectivity index (χ3n) is 13.9. The highest BCUT2D eigenvalue weighted by molar-refractivity contribution is 6.00. The highest BCUT2D eigenvalue weighted by Gasteiger charge is 2.33. The van der Waals surface area contributed by atoms with Crippen molar-refractivity contribution in [3.63, 3.8) is 0 Å². The van der Waals surface area contributed by atoms with Crippen LogP contribution in [0, 0.1) is 0 Å². The number of ketones is 1. The van der Waals surface area contributed by atoms with Gasteiger partial charge in [0.15, 0.2) is 5.78 Å². The number of aliphatic hydroxyl groups is 3. The summed E-state index contributed by atoms with van der Waals surface area (Å²) in [6.45, 7) is 20.0. The predicted molar refractivity (Wildman–Crippen MR) is 260 cm³/mol. The lowest BCUT2D eigenvalue weighted by molar-refractivity contribution is 0.0956. The minimum atomic E-state index is -0.378. The topological polar surface area (TPSA) is 116 Å². The molecule has 0 amide bonds. The van der Waals surface area contributed by atoms with Gasteiger partial charge in [0.05, 0.1) is 17.5 Å². The molecule has 10 nitrogen and oxygen atoms in total. The molecule has 2 aliphatic carbocycles. The number of aliphatic hydroxyl groups excluding tert-OH is 3. The summed E-state index contributed by atoms with van der Waals surface area (Å²) in [5.41, 5.74) is 8.54. The molecule has 0 bridgehead atoms. The molecule has 0 saturated carbocycles. The zero-order valence-electron chi connectivity index (χ0n) is 38.4. The molecular formula is C52H73ClN6O4. The number of pyridine rings is 2. The summed E-state index contributed by atoms with van der Waals surface area (Å²) >= 11 is 0. The van der Waals surface area contributed by atoms with Crippen molar-refractivity contribution >= 4 is 29.8 Å². The van der Waals surface area contributed by atoms with E-state index in [-0.39, 0.29) is 35.1 Å². The Morgan fingerprint density at radius 2 is 1.10 bits per heavy atom. The third-order valence-corrected chi connectivity index (χ3v) is 13.9. The number of piperazine rings is 2. The Morgan fingerprint density at radius 3 is 1.62 bits per heavy atom. The van der Waals surface area contributed by atoms with Gasteiger partial charge in [0, 0.05) is 88.7 Å². The summed E-state index contributed by atoms with van der Waals surface area (Å²) in [5, 5.41) is 28.4. The summed E-state index contributed by atoms with van der Waals surface area (Å²) in [5.74, 6) is 2.31. The van der Waals surface area contributed by atoms with Crippen LogP contribution in [-0.2, 0) is 10.8 Å². The second kappa shape index (κ2) is 22.3. The Labute approximate surface area is 383 Å². The summed E-state index contributed by atoms with van der Waals surface area (Å²) in [7, 11) is 0. The van der Waals surface area contributed by atoms with Crippen molar-refractivity contribution in [2.75, 3.05) is 88.5 Å². The van der Waals surface area contributed by atoms with Crippen LogP contribution in [0.3, 0.4) is 0 Å². The second-order valence-corrected chi connectivity index (χ2v) is 19.3. The number of benzene rings is 2. The number of carbonyl (C=O) groups is 1. The number of Topliss-reactive ketones (excluding diaryl/α,β-unsaturated/α-hetero) is 1. The Hall–Kier alpha value is -3.90. The maximum absolute atomic E-state index is 12.6. The van der Waals surface area contributed by atoms with Gasteiger partial charge in [0.1, 0.15) is 11.6 Å². The molecule has 2 saturated heterocycles. The highest BCUT2D eigenvalue weighted by Crippen LogP contribution is 2.43. The van der Waals surface area contributed by atoms with E-state index in [0.717, 1.165) is 169 Å². The van der Waals surface area contributed by atoms with E-state index in [0.29, 0.717) is 19.6 Å². The molecule has 1 unspecified atom stereocenters. The van der Waals surface area contributed by atoms with Crippen LogP contribution in [-0.4, -0.2) is 120 Å². The van der Waals surface area contributed by atoms with Gasteiger partial charge in [-0.05, 0) is 135 Å². The van der Waals surface area contributed by atoms with Crippen molar-refractivity contribution in [2.45, 2.75) is 109 Å². The van der Waals surface area contributed by atoms with E-state index < -0.39 is 0 Å². The van der Waals surface area contributed by atoms with Gasteiger partial charge in [-0.2, -0.15) is 0 Å². The van der Waals surface area contributed by atoms with Crippen LogP contribution < -0.4 is 9.80 Å². The molecule has 11 heteroatoms. The fourth-order valence-electron chi connectivity index (χ4n) is 9.79. The molecule has 8 rings (SSSR count). The Balaban J connectivity index is 0.000000206. The Kier molecular flexibility index (Phi) is 17.2. The Bertz CT molecular complexity index is 2090. The van der Waals surface area contributed by atoms with Gasteiger partial charge in [-0.3, -0.25) is 14.6 Å². The van der Waals surface area contributed by atoms with E-state index in [1.807, 2.05) is 6.07 Å². The van der Waals surface area contributed by atoms with Crippen molar-refractivity contribution in [1.82, 2.24) is 19.8 Å². The number of nitrogens with zero attached hydrogens (tertiary/aromatic N) is 6. The first-order valence-electron chi connectivity index (χ1n) is 23.6. The third kappa shape index (κ3) is 12.3. The number of rotatable bonds is 14. The monoisotopic (exact) mass is 881 g/mol. The van der Waals surface area contributed by atoms with E-state index in [2.05, 4.69) is 114 Å². The first-order valence-corrected chi connectivity index (χ1v) is 23.6. The van der Waals surface area contributed by atoms with Crippen LogP contribution in [0.2, 0.25) is 0 Å². The fraction of sp³-hybridized carbons (Fsp3) is 0.558. The lowest BCUT2D eigenvalue weighted by atomic mass is 9.71. The number of anilines is 2. The van der Waals surface area contributed by atoms with Gasteiger partial charge in [-0.1, -0.05) is 64.1 Å². The molecule has 2 aromatic carbocycles. The minimum absolute atomic E-state index is 0. The summed E-state index contributed by atoms with van der Waals surface area (Å²) in [4.78, 5) is 32.3. The van der Waals surface area contributed by atoms with Gasteiger partial charge >= 0.3 is 0 Å². The molecule has 2 aromatic heterocycles. The highest BCUT2D eigenvalue weighted by atomic mass is 35.5. The molecule has 342 valence electrons. The van der Waals surface area contributed by atoms with Gasteiger partial charge in [0.25, 0.3) is 0 Å². The first kappa shape index (κ1) is 48.6. The average molecular weight is 882 g/mol. The van der Waals surface area contributed by atoms with E-state index in [4.69, 9.17) is 20.2 Å². The van der Waals surface area contributed by atoms with Crippen molar-refractivity contribution in [2.24, 2.45) is 0 Å². The molecule has 4 heterocycles. The molecule has 4 aliphatic rings. The lowest BCUT2D eigenvalue weighted by Gasteiger charge is -2.36. The van der Waals surface area contributed by atoms with Crippen LogP contribution in [0.4, 0.5) is 11.6 Å². The quantitative estimate of drug-likeness (QED) is 0.106. The van der Waals surface area contributed by atoms with Crippen LogP contribution in [0.1, 0.15) is 125 Å². The molecule has 0 spiro atoms. The van der Waals surface area contributed by atoms with Crippen molar-refractivity contribution in [1.29, 1.82) is 0 Å². The number of hydrogen-bond acceptors (Lipinski definition) is 10. The molecule has 1 atom stereocenters. The largest absolute Gasteiger partial charge is 0.396 e. The number of hydrogen-bond donors (Lipinski definition) is 3. The zero-order valence-corrected chi connectivity index (χ0v) is 39.2. The maximum atomic E-state index is 12.6. The molecule has 3 N–H and O–H groups in total. The first-order chi connectivity index (χ1) is 30.0. The summed E-state index contributed by atoms with van der Waals surface area (Å²) in [6.07, 6.45) is 9.34. The maximum Gasteiger partial charge on any atom is 0.163 e. The van der Waals surface area contributed by atoms with Crippen LogP contribution in [0.25, 0.3) is 22.5 Å². The summed E-state index contributed by atoms with van der Waals surface area (Å²) in [6, 6.07) is 25.3. The standard InChI is InChI=1S/C26H37N3O2.C26H35N3O2.ClH/c2*1-26(2)12-11-24(31)21-19-20(9-10-22(21)26)23-7-6-8-25(27-23)29-16-14-28(15-17-29)13-4-3-5-18-30;/h6-10,19,24,30-31H,3-5,11-18H2,1-2H3;6-10,19,30H,3-5,11-18H2,1-2H3;1H. The van der Waals surface area contributed by atoms with Gasteiger partial charge in [-0.25, -0.2) is 9.97 Å². The van der Waals surface area contributed by atoms with Gasteiger partial charge in [-0.15, -0.1) is 12.4 Å². The van der Waals surface area contributed by atoms with Crippen molar-refractivity contribution in [3.8, 4) is 22.5 Å². The zero-order chi connectivity index (χ0) is 43.7. The molecule has 63 heavy (non-hydrogen) atoms. The number of fused-ring (bicyclic) bond motifs is 2. The van der Waals surface area contributed by atoms with Crippen LogP contribution in [0.5, 0.6) is 0 Å². The van der Waals surface area contributed by atoms with Crippen LogP contribution in [0.15, 0.2) is 72.8 Å². The minimum Gasteiger partial charge on any atom is -0.396 e. The molecular weight excluding hydrogens is 808 g/mol. The average Bonchev–Trinajstić information content (AvgIpc) is 3.30. The normalized spacial score (nSPS) is 19.7. The number of halogens is 1. The van der Waals surface area contributed by atoms with E-state index >= 15 is 0 Å². The van der Waals surface area contributed by atoms with E-state index in [1.165, 1.54) is 11.1 Å². The van der Waals surface area contributed by atoms with Gasteiger partial charge < -0.3 is 25.1 Å². The van der Waals surface area contributed by atoms with Crippen molar-refractivity contribution < 1.29 is 20.1 Å². The predicted octanol–water partition coefficient (Wildman–Crippen LogP) is 8.85. The smallest absolute Gasteiger partial charge is 0.163 e. The Morgan fingerprint density at radius 1 is 0.603 bits per heavy atom. The number of unbranched alkanes of at least 4 members (excludes halogenated alkanes) is 4. The second-order valence-electron chi connectivity index (χ2n) is 19.3. The van der Waals surface area contributed by atoms with E-state index in [1.54, 1.807) is 0 Å². The molecule has 0 radical (unpaired) electrons. The summed E-state index contributed by atoms with van der Waals surface area (Å²) < 4.78 is 0. The fourth-order valence-corrected chi connectivity index (χ4v) is 9.79. The van der Waals surface area contributed by atoms with Crippen molar-refractivity contribution in [3.05, 3.63) is 95.1 Å². The molecule has 2 fully saturated rings. The van der Waals surface area contributed by atoms with E-state index in [9.17, 15) is 9.90 Å². The number of carbonyl (C=O) groups excluding carboxylic acids is 1. The number of aromatic nitrogens is 2.